The van der Waals surface area contributed by atoms with Crippen LogP contribution in [-0.2, 0) is 0 Å². The fourth-order valence-electron chi connectivity index (χ4n) is 0.763. The number of nitrogens with zero attached hydrogens (tertiary/aromatic N) is 2. The molecule has 1 rings (SSSR count). The number of carbonyl (C=O) groups excluding carboxylic acids is 1. The Morgan fingerprint density at radius 3 is 2.69 bits per heavy atom. The van der Waals surface area contributed by atoms with Crippen LogP contribution in [0.1, 0.15) is 23.5 Å². The number of hydrogen-bond acceptors (Lipinski definition) is 3. The summed E-state index contributed by atoms with van der Waals surface area (Å²) >= 11 is 6.75. The first-order valence-corrected chi connectivity index (χ1v) is 5.07. The predicted octanol–water partition coefficient (Wildman–Crippen LogP) is 2.28. The van der Waals surface area contributed by atoms with Crippen LogP contribution in [0, 0.1) is 0 Å². The zero-order valence-corrected chi connectivity index (χ0v) is 9.32. The largest absolute Gasteiger partial charge is 0.339 e. The molecule has 1 aromatic heterocycles. The molecule has 0 radical (unpaired) electrons. The standard InChI is InChI=1S/C8H11ClN2OS/c1-5(2)11(3)8(12)6-4-7(9)10-13-6/h4-5H,1-3H3. The zero-order chi connectivity index (χ0) is 10.0. The lowest BCUT2D eigenvalue weighted by molar-refractivity contribution is 0.0760. The van der Waals surface area contributed by atoms with Gasteiger partial charge in [-0.3, -0.25) is 4.79 Å². The first-order chi connectivity index (χ1) is 6.02. The quantitative estimate of drug-likeness (QED) is 0.763. The van der Waals surface area contributed by atoms with E-state index in [-0.39, 0.29) is 11.9 Å². The highest BCUT2D eigenvalue weighted by molar-refractivity contribution is 7.08. The van der Waals surface area contributed by atoms with Crippen molar-refractivity contribution in [2.45, 2.75) is 19.9 Å². The van der Waals surface area contributed by atoms with E-state index in [0.29, 0.717) is 10.0 Å². The minimum absolute atomic E-state index is 0.0283. The van der Waals surface area contributed by atoms with Crippen LogP contribution in [0.3, 0.4) is 0 Å². The van der Waals surface area contributed by atoms with Gasteiger partial charge < -0.3 is 4.90 Å². The summed E-state index contributed by atoms with van der Waals surface area (Å²) in [6, 6.07) is 1.78. The van der Waals surface area contributed by atoms with Gasteiger partial charge in [-0.15, -0.1) is 0 Å². The summed E-state index contributed by atoms with van der Waals surface area (Å²) in [4.78, 5) is 13.9. The van der Waals surface area contributed by atoms with Gasteiger partial charge in [0.05, 0.1) is 0 Å². The molecule has 0 spiro atoms. The number of carbonyl (C=O) groups is 1. The van der Waals surface area contributed by atoms with E-state index in [0.717, 1.165) is 11.5 Å². The zero-order valence-electron chi connectivity index (χ0n) is 7.74. The maximum atomic E-state index is 11.6. The van der Waals surface area contributed by atoms with Crippen LogP contribution in [0.5, 0.6) is 0 Å². The molecule has 0 saturated carbocycles. The first-order valence-electron chi connectivity index (χ1n) is 3.91. The normalized spacial score (nSPS) is 10.5. The molecule has 0 atom stereocenters. The van der Waals surface area contributed by atoms with Gasteiger partial charge in [0.25, 0.3) is 5.91 Å². The van der Waals surface area contributed by atoms with E-state index in [1.54, 1.807) is 18.0 Å². The fourth-order valence-corrected chi connectivity index (χ4v) is 1.66. The van der Waals surface area contributed by atoms with E-state index < -0.39 is 0 Å². The van der Waals surface area contributed by atoms with Crippen LogP contribution in [0.25, 0.3) is 0 Å². The molecule has 0 fully saturated rings. The van der Waals surface area contributed by atoms with Gasteiger partial charge in [0.15, 0.2) is 0 Å². The van der Waals surface area contributed by atoms with Crippen molar-refractivity contribution in [2.75, 3.05) is 7.05 Å². The lowest BCUT2D eigenvalue weighted by Gasteiger charge is -2.19. The predicted molar refractivity (Wildman–Crippen MR) is 54.4 cm³/mol. The van der Waals surface area contributed by atoms with Gasteiger partial charge in [-0.05, 0) is 25.4 Å². The summed E-state index contributed by atoms with van der Waals surface area (Å²) in [7, 11) is 1.76. The maximum absolute atomic E-state index is 11.6. The van der Waals surface area contributed by atoms with Crippen LogP contribution in [0.15, 0.2) is 6.07 Å². The molecule has 0 saturated heterocycles. The molecule has 0 N–H and O–H groups in total. The molecule has 1 aromatic rings. The summed E-state index contributed by atoms with van der Waals surface area (Å²) in [6.07, 6.45) is 0. The van der Waals surface area contributed by atoms with Crippen molar-refractivity contribution in [3.63, 3.8) is 0 Å². The molecule has 0 aromatic carbocycles. The average Bonchev–Trinajstić information content (AvgIpc) is 2.49. The van der Waals surface area contributed by atoms with E-state index in [1.807, 2.05) is 13.8 Å². The second-order valence-electron chi connectivity index (χ2n) is 3.02. The Balaban J connectivity index is 2.79. The van der Waals surface area contributed by atoms with Gasteiger partial charge in [0.1, 0.15) is 10.0 Å². The maximum Gasteiger partial charge on any atom is 0.265 e. The Hall–Kier alpha value is -0.610. The van der Waals surface area contributed by atoms with Gasteiger partial charge in [0.2, 0.25) is 0 Å². The fraction of sp³-hybridized carbons (Fsp3) is 0.500. The molecule has 0 aliphatic rings. The lowest BCUT2D eigenvalue weighted by Crippen LogP contribution is -2.32. The lowest BCUT2D eigenvalue weighted by atomic mass is 10.3. The molecule has 0 bridgehead atoms. The Morgan fingerprint density at radius 1 is 1.69 bits per heavy atom. The van der Waals surface area contributed by atoms with E-state index in [1.165, 1.54) is 0 Å². The third kappa shape index (κ3) is 2.42. The van der Waals surface area contributed by atoms with Gasteiger partial charge in [0, 0.05) is 19.2 Å². The Bertz CT molecular complexity index is 311. The summed E-state index contributed by atoms with van der Waals surface area (Å²) in [5.41, 5.74) is 0. The van der Waals surface area contributed by atoms with Crippen molar-refractivity contribution in [3.05, 3.63) is 16.1 Å². The molecule has 1 heterocycles. The van der Waals surface area contributed by atoms with Crippen molar-refractivity contribution in [2.24, 2.45) is 0 Å². The van der Waals surface area contributed by atoms with Crippen LogP contribution in [0.2, 0.25) is 5.15 Å². The van der Waals surface area contributed by atoms with E-state index in [4.69, 9.17) is 11.6 Å². The Labute approximate surface area is 86.5 Å². The highest BCUT2D eigenvalue weighted by atomic mass is 35.5. The smallest absolute Gasteiger partial charge is 0.265 e. The van der Waals surface area contributed by atoms with Crippen LogP contribution in [-0.4, -0.2) is 28.3 Å². The van der Waals surface area contributed by atoms with E-state index in [2.05, 4.69) is 4.37 Å². The summed E-state index contributed by atoms with van der Waals surface area (Å²) in [5, 5.41) is 0.380. The summed E-state index contributed by atoms with van der Waals surface area (Å²) < 4.78 is 3.84. The van der Waals surface area contributed by atoms with Gasteiger partial charge in [-0.1, -0.05) is 11.6 Å². The van der Waals surface area contributed by atoms with Crippen LogP contribution in [0.4, 0.5) is 0 Å². The van der Waals surface area contributed by atoms with Crippen molar-refractivity contribution in [3.8, 4) is 0 Å². The van der Waals surface area contributed by atoms with E-state index in [9.17, 15) is 4.79 Å². The number of amides is 1. The van der Waals surface area contributed by atoms with Crippen molar-refractivity contribution < 1.29 is 4.79 Å². The molecule has 1 amide bonds. The molecule has 0 aliphatic heterocycles. The molecule has 0 aliphatic carbocycles. The number of aromatic nitrogens is 1. The Kier molecular flexibility index (Phi) is 3.27. The minimum atomic E-state index is -0.0283. The van der Waals surface area contributed by atoms with Crippen LogP contribution < -0.4 is 0 Å². The minimum Gasteiger partial charge on any atom is -0.339 e. The van der Waals surface area contributed by atoms with Crippen molar-refractivity contribution in [1.82, 2.24) is 9.27 Å². The third-order valence-corrected chi connectivity index (χ3v) is 2.86. The summed E-state index contributed by atoms with van der Waals surface area (Å²) in [5.74, 6) is -0.0283. The second-order valence-corrected chi connectivity index (χ2v) is 4.22. The van der Waals surface area contributed by atoms with Gasteiger partial charge >= 0.3 is 0 Å². The molecular formula is C8H11ClN2OS. The number of hydrogen-bond donors (Lipinski definition) is 0. The highest BCUT2D eigenvalue weighted by Gasteiger charge is 2.16. The molecule has 72 valence electrons. The second kappa shape index (κ2) is 4.07. The molecular weight excluding hydrogens is 208 g/mol. The van der Waals surface area contributed by atoms with Crippen LogP contribution >= 0.6 is 23.1 Å². The van der Waals surface area contributed by atoms with E-state index >= 15 is 0 Å². The average molecular weight is 219 g/mol. The highest BCUT2D eigenvalue weighted by Crippen LogP contribution is 2.16. The van der Waals surface area contributed by atoms with Gasteiger partial charge in [-0.2, -0.15) is 4.37 Å². The number of halogens is 1. The molecule has 5 heteroatoms. The monoisotopic (exact) mass is 218 g/mol. The first kappa shape index (κ1) is 10.5. The summed E-state index contributed by atoms with van der Waals surface area (Å²) in [6.45, 7) is 3.92. The molecule has 3 nitrogen and oxygen atoms in total. The van der Waals surface area contributed by atoms with Gasteiger partial charge in [-0.25, -0.2) is 0 Å². The third-order valence-electron chi connectivity index (χ3n) is 1.79. The Morgan fingerprint density at radius 2 is 2.31 bits per heavy atom. The molecule has 13 heavy (non-hydrogen) atoms. The molecule has 0 unspecified atom stereocenters. The topological polar surface area (TPSA) is 33.2 Å². The number of rotatable bonds is 2. The van der Waals surface area contributed by atoms with Crippen molar-refractivity contribution >= 4 is 29.0 Å². The SMILES string of the molecule is CC(C)N(C)C(=O)c1cc(Cl)ns1. The van der Waals surface area contributed by atoms with Crippen molar-refractivity contribution in [1.29, 1.82) is 0 Å².